The second-order valence-corrected chi connectivity index (χ2v) is 7.76. The lowest BCUT2D eigenvalue weighted by molar-refractivity contribution is -0.115. The molecule has 0 radical (unpaired) electrons. The SMILES string of the molecule is CC(=O)Nc1cc(NC(C)=O)cc(C(=O)NC(c2ccc3c(c2)OCCO3)C(C)C)c1. The molecule has 8 heteroatoms. The first-order valence-electron chi connectivity index (χ1n) is 10.1. The maximum atomic E-state index is 13.1. The van der Waals surface area contributed by atoms with Gasteiger partial charge in [-0.2, -0.15) is 0 Å². The van der Waals surface area contributed by atoms with Crippen molar-refractivity contribution in [2.45, 2.75) is 33.7 Å². The molecule has 0 saturated carbocycles. The molecule has 0 spiro atoms. The van der Waals surface area contributed by atoms with Crippen LogP contribution in [-0.4, -0.2) is 30.9 Å². The van der Waals surface area contributed by atoms with E-state index in [1.807, 2.05) is 32.0 Å². The molecule has 1 atom stereocenters. The first kappa shape index (κ1) is 22.1. The summed E-state index contributed by atoms with van der Waals surface area (Å²) in [6.45, 7) is 7.77. The van der Waals surface area contributed by atoms with Gasteiger partial charge in [0.15, 0.2) is 11.5 Å². The summed E-state index contributed by atoms with van der Waals surface area (Å²) in [5, 5.41) is 8.37. The lowest BCUT2D eigenvalue weighted by Crippen LogP contribution is -2.32. The second-order valence-electron chi connectivity index (χ2n) is 7.76. The molecular weight excluding hydrogens is 398 g/mol. The molecule has 3 rings (SSSR count). The Hall–Kier alpha value is -3.55. The summed E-state index contributed by atoms with van der Waals surface area (Å²) < 4.78 is 11.2. The predicted molar refractivity (Wildman–Crippen MR) is 118 cm³/mol. The van der Waals surface area contributed by atoms with Gasteiger partial charge in [-0.15, -0.1) is 0 Å². The molecule has 0 fully saturated rings. The average molecular weight is 425 g/mol. The molecule has 2 aromatic carbocycles. The zero-order valence-electron chi connectivity index (χ0n) is 18.1. The minimum atomic E-state index is -0.326. The minimum absolute atomic E-state index is 0.0971. The molecule has 1 aliphatic heterocycles. The smallest absolute Gasteiger partial charge is 0.251 e. The standard InChI is InChI=1S/C23H27N3O5/c1-13(2)22(16-5-6-20-21(11-16)31-8-7-30-20)26-23(29)17-9-18(24-14(3)27)12-19(10-17)25-15(4)28/h5-6,9-13,22H,7-8H2,1-4H3,(H,24,27)(H,25,28)(H,26,29). The molecule has 8 nitrogen and oxygen atoms in total. The Balaban J connectivity index is 1.88. The van der Waals surface area contributed by atoms with Gasteiger partial charge < -0.3 is 25.4 Å². The van der Waals surface area contributed by atoms with Crippen molar-refractivity contribution in [2.24, 2.45) is 5.92 Å². The Labute approximate surface area is 181 Å². The van der Waals surface area contributed by atoms with Crippen LogP contribution in [0.2, 0.25) is 0 Å². The van der Waals surface area contributed by atoms with Gasteiger partial charge in [0.25, 0.3) is 5.91 Å². The first-order valence-corrected chi connectivity index (χ1v) is 10.1. The van der Waals surface area contributed by atoms with Crippen molar-refractivity contribution in [2.75, 3.05) is 23.8 Å². The maximum Gasteiger partial charge on any atom is 0.251 e. The monoisotopic (exact) mass is 425 g/mol. The highest BCUT2D eigenvalue weighted by Crippen LogP contribution is 2.34. The second kappa shape index (κ2) is 9.51. The number of hydrogen-bond donors (Lipinski definition) is 3. The fourth-order valence-corrected chi connectivity index (χ4v) is 3.42. The average Bonchev–Trinajstić information content (AvgIpc) is 2.70. The van der Waals surface area contributed by atoms with E-state index in [2.05, 4.69) is 16.0 Å². The number of hydrogen-bond acceptors (Lipinski definition) is 5. The fraction of sp³-hybridized carbons (Fsp3) is 0.348. The van der Waals surface area contributed by atoms with Gasteiger partial charge in [-0.1, -0.05) is 19.9 Å². The molecule has 3 amide bonds. The number of benzene rings is 2. The van der Waals surface area contributed by atoms with E-state index >= 15 is 0 Å². The highest BCUT2D eigenvalue weighted by Gasteiger charge is 2.22. The third-order valence-corrected chi connectivity index (χ3v) is 4.71. The maximum absolute atomic E-state index is 13.1. The number of amides is 3. The Bertz CT molecular complexity index is 968. The summed E-state index contributed by atoms with van der Waals surface area (Å²) in [5.41, 5.74) is 2.06. The molecule has 0 aliphatic carbocycles. The van der Waals surface area contributed by atoms with Gasteiger partial charge in [0.2, 0.25) is 11.8 Å². The van der Waals surface area contributed by atoms with Crippen LogP contribution >= 0.6 is 0 Å². The van der Waals surface area contributed by atoms with Gasteiger partial charge in [-0.3, -0.25) is 14.4 Å². The van der Waals surface area contributed by atoms with E-state index in [0.717, 1.165) is 5.56 Å². The third kappa shape index (κ3) is 5.75. The molecule has 1 unspecified atom stereocenters. The lowest BCUT2D eigenvalue weighted by Gasteiger charge is -2.25. The molecule has 31 heavy (non-hydrogen) atoms. The van der Waals surface area contributed by atoms with Gasteiger partial charge in [-0.25, -0.2) is 0 Å². The van der Waals surface area contributed by atoms with Crippen molar-refractivity contribution in [3.8, 4) is 11.5 Å². The number of anilines is 2. The number of fused-ring (bicyclic) bond motifs is 1. The predicted octanol–water partition coefficient (Wildman–Crippen LogP) is 3.50. The van der Waals surface area contributed by atoms with Crippen molar-refractivity contribution in [3.05, 3.63) is 47.5 Å². The Kier molecular flexibility index (Phi) is 6.79. The van der Waals surface area contributed by atoms with Crippen molar-refractivity contribution in [1.29, 1.82) is 0 Å². The topological polar surface area (TPSA) is 106 Å². The van der Waals surface area contributed by atoms with E-state index in [-0.39, 0.29) is 29.7 Å². The van der Waals surface area contributed by atoms with E-state index in [0.29, 0.717) is 41.7 Å². The van der Waals surface area contributed by atoms with Crippen LogP contribution in [-0.2, 0) is 9.59 Å². The third-order valence-electron chi connectivity index (χ3n) is 4.71. The van der Waals surface area contributed by atoms with Crippen molar-refractivity contribution in [3.63, 3.8) is 0 Å². The van der Waals surface area contributed by atoms with Crippen LogP contribution in [0.15, 0.2) is 36.4 Å². The molecular formula is C23H27N3O5. The van der Waals surface area contributed by atoms with Crippen molar-refractivity contribution in [1.82, 2.24) is 5.32 Å². The van der Waals surface area contributed by atoms with E-state index < -0.39 is 0 Å². The fourth-order valence-electron chi connectivity index (χ4n) is 3.42. The zero-order valence-corrected chi connectivity index (χ0v) is 18.1. The largest absolute Gasteiger partial charge is 0.486 e. The highest BCUT2D eigenvalue weighted by atomic mass is 16.6. The van der Waals surface area contributed by atoms with Crippen LogP contribution in [0.3, 0.4) is 0 Å². The van der Waals surface area contributed by atoms with E-state index in [9.17, 15) is 14.4 Å². The van der Waals surface area contributed by atoms with E-state index in [1.54, 1.807) is 18.2 Å². The van der Waals surface area contributed by atoms with Crippen LogP contribution in [0, 0.1) is 5.92 Å². The van der Waals surface area contributed by atoms with Crippen LogP contribution in [0.1, 0.15) is 49.7 Å². The minimum Gasteiger partial charge on any atom is -0.486 e. The van der Waals surface area contributed by atoms with Gasteiger partial charge in [0.1, 0.15) is 13.2 Å². The molecule has 1 heterocycles. The number of nitrogens with one attached hydrogen (secondary N) is 3. The molecule has 0 aromatic heterocycles. The summed E-state index contributed by atoms with van der Waals surface area (Å²) in [6, 6.07) is 10.1. The van der Waals surface area contributed by atoms with Crippen molar-refractivity contribution < 1.29 is 23.9 Å². The van der Waals surface area contributed by atoms with Gasteiger partial charge in [0.05, 0.1) is 6.04 Å². The summed E-state index contributed by atoms with van der Waals surface area (Å²) >= 11 is 0. The van der Waals surface area contributed by atoms with Crippen LogP contribution in [0.25, 0.3) is 0 Å². The molecule has 2 aromatic rings. The number of carbonyl (C=O) groups is 3. The molecule has 164 valence electrons. The lowest BCUT2D eigenvalue weighted by atomic mass is 9.95. The molecule has 1 aliphatic rings. The first-order chi connectivity index (χ1) is 14.7. The van der Waals surface area contributed by atoms with Crippen LogP contribution in [0.5, 0.6) is 11.5 Å². The summed E-state index contributed by atoms with van der Waals surface area (Å²) in [5.74, 6) is 0.564. The van der Waals surface area contributed by atoms with Gasteiger partial charge >= 0.3 is 0 Å². The van der Waals surface area contributed by atoms with E-state index in [4.69, 9.17) is 9.47 Å². The van der Waals surface area contributed by atoms with Crippen molar-refractivity contribution >= 4 is 29.1 Å². The quantitative estimate of drug-likeness (QED) is 0.657. The van der Waals surface area contributed by atoms with Gasteiger partial charge in [-0.05, 0) is 41.8 Å². The summed E-state index contributed by atoms with van der Waals surface area (Å²) in [6.07, 6.45) is 0. The highest BCUT2D eigenvalue weighted by molar-refractivity contribution is 6.00. The zero-order chi connectivity index (χ0) is 22.5. The Morgan fingerprint density at radius 1 is 0.839 bits per heavy atom. The van der Waals surface area contributed by atoms with Crippen LogP contribution < -0.4 is 25.4 Å². The number of rotatable bonds is 6. The molecule has 3 N–H and O–H groups in total. The number of ether oxygens (including phenoxy) is 2. The molecule has 0 saturated heterocycles. The molecule has 0 bridgehead atoms. The normalized spacial score (nSPS) is 13.3. The summed E-state index contributed by atoms with van der Waals surface area (Å²) in [7, 11) is 0. The number of carbonyl (C=O) groups excluding carboxylic acids is 3. The van der Waals surface area contributed by atoms with E-state index in [1.165, 1.54) is 13.8 Å². The Morgan fingerprint density at radius 2 is 1.42 bits per heavy atom. The van der Waals surface area contributed by atoms with Crippen LogP contribution in [0.4, 0.5) is 11.4 Å². The Morgan fingerprint density at radius 3 is 1.97 bits per heavy atom. The van der Waals surface area contributed by atoms with Gasteiger partial charge in [0, 0.05) is 30.8 Å². The summed E-state index contributed by atoms with van der Waals surface area (Å²) in [4.78, 5) is 36.1.